The van der Waals surface area contributed by atoms with Crippen LogP contribution in [-0.4, -0.2) is 14.7 Å². The molecule has 5 nitrogen and oxygen atoms in total. The highest BCUT2D eigenvalue weighted by Crippen LogP contribution is 2.29. The minimum Gasteiger partial charge on any atom is -0.258 e. The number of rotatable bonds is 3. The molecule has 2 rings (SSSR count). The Balaban J connectivity index is 2.27. The van der Waals surface area contributed by atoms with Crippen molar-refractivity contribution in [2.24, 2.45) is 0 Å². The number of nitrogens with zero attached hydrogens (tertiary/aromatic N) is 3. The summed E-state index contributed by atoms with van der Waals surface area (Å²) >= 11 is 0. The Morgan fingerprint density at radius 2 is 1.81 bits per heavy atom. The van der Waals surface area contributed by atoms with Crippen LogP contribution in [0.25, 0.3) is 0 Å². The lowest BCUT2D eigenvalue weighted by atomic mass is 10.1. The summed E-state index contributed by atoms with van der Waals surface area (Å²) in [4.78, 5) is 10.4. The largest absolute Gasteiger partial charge is 0.416 e. The second-order valence-electron chi connectivity index (χ2n) is 4.63. The first kappa shape index (κ1) is 15.0. The van der Waals surface area contributed by atoms with Gasteiger partial charge in [0, 0.05) is 0 Å². The van der Waals surface area contributed by atoms with E-state index < -0.39 is 16.7 Å². The topological polar surface area (TPSA) is 61.0 Å². The fraction of sp³-hybridized carbons (Fsp3) is 0.308. The van der Waals surface area contributed by atoms with Crippen molar-refractivity contribution >= 4 is 5.69 Å². The normalized spacial score (nSPS) is 11.7. The number of halogens is 3. The zero-order valence-corrected chi connectivity index (χ0v) is 11.3. The maximum Gasteiger partial charge on any atom is 0.416 e. The number of aryl methyl sites for hydroxylation is 1. The van der Waals surface area contributed by atoms with Crippen molar-refractivity contribution in [3.63, 3.8) is 0 Å². The summed E-state index contributed by atoms with van der Waals surface area (Å²) in [5.74, 6) is 0. The van der Waals surface area contributed by atoms with Crippen LogP contribution >= 0.6 is 0 Å². The molecule has 0 fully saturated rings. The van der Waals surface area contributed by atoms with E-state index in [1.54, 1.807) is 6.92 Å². The van der Waals surface area contributed by atoms with E-state index in [1.807, 2.05) is 0 Å². The third-order valence-corrected chi connectivity index (χ3v) is 3.14. The van der Waals surface area contributed by atoms with Crippen LogP contribution < -0.4 is 0 Å². The maximum absolute atomic E-state index is 12.5. The molecular weight excluding hydrogens is 287 g/mol. The first-order valence-electron chi connectivity index (χ1n) is 6.04. The number of nitro groups is 1. The zero-order chi connectivity index (χ0) is 15.8. The van der Waals surface area contributed by atoms with Gasteiger partial charge in [-0.1, -0.05) is 12.1 Å². The highest BCUT2D eigenvalue weighted by atomic mass is 19.4. The molecule has 8 heteroatoms. The zero-order valence-electron chi connectivity index (χ0n) is 11.3. The van der Waals surface area contributed by atoms with Gasteiger partial charge in [0.25, 0.3) is 0 Å². The fourth-order valence-electron chi connectivity index (χ4n) is 2.08. The van der Waals surface area contributed by atoms with Crippen molar-refractivity contribution in [2.75, 3.05) is 0 Å². The van der Waals surface area contributed by atoms with E-state index in [2.05, 4.69) is 5.10 Å². The SMILES string of the molecule is Cc1nn(Cc2ccc(C(F)(F)F)cc2)c(C)c1[N+](=O)[O-]. The monoisotopic (exact) mass is 299 g/mol. The van der Waals surface area contributed by atoms with Gasteiger partial charge in [0.05, 0.1) is 17.0 Å². The predicted octanol–water partition coefficient (Wildman–Crippen LogP) is 3.48. The Bertz CT molecular complexity index is 675. The van der Waals surface area contributed by atoms with E-state index in [1.165, 1.54) is 23.7 Å². The van der Waals surface area contributed by atoms with Crippen LogP contribution in [0.5, 0.6) is 0 Å². The number of hydrogen-bond donors (Lipinski definition) is 0. The molecule has 0 spiro atoms. The molecule has 0 bridgehead atoms. The highest BCUT2D eigenvalue weighted by Gasteiger charge is 2.30. The van der Waals surface area contributed by atoms with Gasteiger partial charge in [-0.3, -0.25) is 14.8 Å². The predicted molar refractivity (Wildman–Crippen MR) is 68.9 cm³/mol. The number of benzene rings is 1. The maximum atomic E-state index is 12.5. The van der Waals surface area contributed by atoms with Gasteiger partial charge < -0.3 is 0 Å². The third-order valence-electron chi connectivity index (χ3n) is 3.14. The van der Waals surface area contributed by atoms with Crippen LogP contribution in [0.4, 0.5) is 18.9 Å². The van der Waals surface area contributed by atoms with Crippen LogP contribution in [0.2, 0.25) is 0 Å². The van der Waals surface area contributed by atoms with Crippen molar-refractivity contribution in [1.82, 2.24) is 9.78 Å². The molecule has 1 aromatic carbocycles. The standard InChI is InChI=1S/C13H12F3N3O2/c1-8-12(19(20)21)9(2)18(17-8)7-10-3-5-11(6-4-10)13(14,15)16/h3-6H,7H2,1-2H3. The Labute approximate surface area is 118 Å². The molecule has 21 heavy (non-hydrogen) atoms. The molecular formula is C13H12F3N3O2. The molecule has 0 unspecified atom stereocenters. The van der Waals surface area contributed by atoms with Gasteiger partial charge in [0.15, 0.2) is 0 Å². The second kappa shape index (κ2) is 5.19. The Hall–Kier alpha value is -2.38. The summed E-state index contributed by atoms with van der Waals surface area (Å²) in [5.41, 5.74) is 0.442. The first-order chi connectivity index (χ1) is 9.70. The van der Waals surface area contributed by atoms with Gasteiger partial charge in [-0.2, -0.15) is 18.3 Å². The minimum absolute atomic E-state index is 0.0677. The molecule has 2 aromatic rings. The average molecular weight is 299 g/mol. The van der Waals surface area contributed by atoms with Crippen molar-refractivity contribution in [3.8, 4) is 0 Å². The molecule has 0 N–H and O–H groups in total. The summed E-state index contributed by atoms with van der Waals surface area (Å²) in [6.07, 6.45) is -4.38. The summed E-state index contributed by atoms with van der Waals surface area (Å²) in [5, 5.41) is 14.9. The lowest BCUT2D eigenvalue weighted by Crippen LogP contribution is -2.07. The van der Waals surface area contributed by atoms with Crippen LogP contribution in [0.15, 0.2) is 24.3 Å². The molecule has 0 aliphatic carbocycles. The van der Waals surface area contributed by atoms with Crippen LogP contribution in [0.3, 0.4) is 0 Å². The number of aromatic nitrogens is 2. The lowest BCUT2D eigenvalue weighted by molar-refractivity contribution is -0.386. The summed E-state index contributed by atoms with van der Waals surface area (Å²) < 4.78 is 38.8. The second-order valence-corrected chi connectivity index (χ2v) is 4.63. The molecule has 0 aliphatic heterocycles. The van der Waals surface area contributed by atoms with Gasteiger partial charge in [-0.25, -0.2) is 0 Å². The summed E-state index contributed by atoms with van der Waals surface area (Å²) in [7, 11) is 0. The van der Waals surface area contributed by atoms with Crippen LogP contribution in [0.1, 0.15) is 22.5 Å². The highest BCUT2D eigenvalue weighted by molar-refractivity contribution is 5.40. The first-order valence-corrected chi connectivity index (χ1v) is 6.04. The van der Waals surface area contributed by atoms with Crippen molar-refractivity contribution < 1.29 is 18.1 Å². The lowest BCUT2D eigenvalue weighted by Gasteiger charge is -2.08. The van der Waals surface area contributed by atoms with Crippen molar-refractivity contribution in [3.05, 3.63) is 56.9 Å². The molecule has 0 radical (unpaired) electrons. The molecule has 0 aliphatic rings. The van der Waals surface area contributed by atoms with Gasteiger partial charge in [0.2, 0.25) is 0 Å². The summed E-state index contributed by atoms with van der Waals surface area (Å²) in [6, 6.07) is 4.64. The molecule has 1 heterocycles. The quantitative estimate of drug-likeness (QED) is 0.644. The smallest absolute Gasteiger partial charge is 0.258 e. The molecule has 0 saturated heterocycles. The van der Waals surface area contributed by atoms with E-state index >= 15 is 0 Å². The van der Waals surface area contributed by atoms with Gasteiger partial charge in [0.1, 0.15) is 11.4 Å². The van der Waals surface area contributed by atoms with Gasteiger partial charge in [-0.05, 0) is 31.5 Å². The molecule has 0 atom stereocenters. The molecule has 0 saturated carbocycles. The Morgan fingerprint density at radius 3 is 2.24 bits per heavy atom. The Kier molecular flexibility index (Phi) is 3.71. The van der Waals surface area contributed by atoms with E-state index in [0.29, 0.717) is 11.3 Å². The van der Waals surface area contributed by atoms with E-state index in [-0.39, 0.29) is 17.9 Å². The number of hydrogen-bond acceptors (Lipinski definition) is 3. The molecule has 1 aromatic heterocycles. The minimum atomic E-state index is -4.38. The molecule has 0 amide bonds. The van der Waals surface area contributed by atoms with Crippen LogP contribution in [0, 0.1) is 24.0 Å². The van der Waals surface area contributed by atoms with E-state index in [9.17, 15) is 23.3 Å². The number of alkyl halides is 3. The van der Waals surface area contributed by atoms with Crippen LogP contribution in [-0.2, 0) is 12.7 Å². The van der Waals surface area contributed by atoms with E-state index in [4.69, 9.17) is 0 Å². The average Bonchev–Trinajstić information content (AvgIpc) is 2.64. The van der Waals surface area contributed by atoms with Gasteiger partial charge in [-0.15, -0.1) is 0 Å². The van der Waals surface area contributed by atoms with E-state index in [0.717, 1.165) is 12.1 Å². The van der Waals surface area contributed by atoms with Crippen molar-refractivity contribution in [2.45, 2.75) is 26.6 Å². The fourth-order valence-corrected chi connectivity index (χ4v) is 2.08. The van der Waals surface area contributed by atoms with Gasteiger partial charge >= 0.3 is 11.9 Å². The van der Waals surface area contributed by atoms with Crippen molar-refractivity contribution in [1.29, 1.82) is 0 Å². The Morgan fingerprint density at radius 1 is 1.24 bits per heavy atom. The summed E-state index contributed by atoms with van der Waals surface area (Å²) in [6.45, 7) is 3.26. The molecule has 112 valence electrons. The third kappa shape index (κ3) is 3.04.